The predicted molar refractivity (Wildman–Crippen MR) is 106 cm³/mol. The minimum absolute atomic E-state index is 0.0547. The van der Waals surface area contributed by atoms with Crippen LogP contribution in [0.1, 0.15) is 21.7 Å². The lowest BCUT2D eigenvalue weighted by Gasteiger charge is -2.05. The Hall–Kier alpha value is -4.22. The highest BCUT2D eigenvalue weighted by molar-refractivity contribution is 6.03. The highest BCUT2D eigenvalue weighted by Crippen LogP contribution is 2.31. The fourth-order valence-electron chi connectivity index (χ4n) is 3.32. The minimum Gasteiger partial charge on any atom is -0.353 e. The van der Waals surface area contributed by atoms with E-state index in [1.807, 2.05) is 7.05 Å². The Balaban J connectivity index is 1.33. The van der Waals surface area contributed by atoms with Crippen LogP contribution in [0.4, 0.5) is 13.2 Å². The Morgan fingerprint density at radius 3 is 2.88 bits per heavy atom. The summed E-state index contributed by atoms with van der Waals surface area (Å²) in [7, 11) is 1.82. The Labute approximate surface area is 177 Å². The number of benzene rings is 1. The van der Waals surface area contributed by atoms with Gasteiger partial charge in [-0.15, -0.1) is 0 Å². The highest BCUT2D eigenvalue weighted by atomic mass is 19.4. The molecule has 4 aromatic heterocycles. The number of carbonyl (C=O) groups is 1. The number of aromatic nitrogens is 6. The van der Waals surface area contributed by atoms with Gasteiger partial charge in [-0.3, -0.25) is 4.79 Å². The van der Waals surface area contributed by atoms with Gasteiger partial charge >= 0.3 is 6.18 Å². The lowest BCUT2D eigenvalue weighted by Crippen LogP contribution is -2.24. The number of hydrogen-bond acceptors (Lipinski definition) is 6. The molecule has 0 saturated heterocycles. The standard InChI is InChI=1S/C20H14F3N7O2/c1-30-5-4-12-16(25-9-26-18(12)30)19(31)24-8-11-7-15(32-29-11)17-27-13-3-2-10(20(21,22)23)6-14(13)28-17/h2-7,9H,8H2,1H3,(H,24,31)(H,27,28). The minimum atomic E-state index is -4.45. The molecular formula is C20H14F3N7O2. The summed E-state index contributed by atoms with van der Waals surface area (Å²) < 4.78 is 45.7. The first-order valence-electron chi connectivity index (χ1n) is 9.37. The molecule has 5 aromatic rings. The van der Waals surface area contributed by atoms with Gasteiger partial charge in [0.1, 0.15) is 23.4 Å². The van der Waals surface area contributed by atoms with Gasteiger partial charge in [-0.25, -0.2) is 15.0 Å². The number of aromatic amines is 1. The average molecular weight is 441 g/mol. The van der Waals surface area contributed by atoms with E-state index in [4.69, 9.17) is 4.52 Å². The van der Waals surface area contributed by atoms with E-state index in [1.54, 1.807) is 22.9 Å². The molecular weight excluding hydrogens is 427 g/mol. The van der Waals surface area contributed by atoms with E-state index in [0.29, 0.717) is 22.2 Å². The molecule has 32 heavy (non-hydrogen) atoms. The molecule has 162 valence electrons. The van der Waals surface area contributed by atoms with Gasteiger partial charge in [-0.05, 0) is 24.3 Å². The SMILES string of the molecule is Cn1ccc2c(C(=O)NCc3cc(-c4nc5ccc(C(F)(F)F)cc5[nH]4)on3)ncnc21. The molecule has 1 amide bonds. The molecule has 0 bridgehead atoms. The Morgan fingerprint density at radius 2 is 2.06 bits per heavy atom. The molecule has 4 heterocycles. The number of imidazole rings is 1. The van der Waals surface area contributed by atoms with Gasteiger partial charge in [0.25, 0.3) is 5.91 Å². The van der Waals surface area contributed by atoms with Crippen molar-refractivity contribution < 1.29 is 22.5 Å². The van der Waals surface area contributed by atoms with Gasteiger partial charge in [0.15, 0.2) is 5.82 Å². The summed E-state index contributed by atoms with van der Waals surface area (Å²) in [5.74, 6) is 0.0502. The quantitative estimate of drug-likeness (QED) is 0.442. The second-order valence-electron chi connectivity index (χ2n) is 7.07. The molecule has 2 N–H and O–H groups in total. The lowest BCUT2D eigenvalue weighted by atomic mass is 10.2. The van der Waals surface area contributed by atoms with E-state index in [0.717, 1.165) is 12.1 Å². The number of nitrogens with zero attached hydrogens (tertiary/aromatic N) is 5. The highest BCUT2D eigenvalue weighted by Gasteiger charge is 2.30. The maximum absolute atomic E-state index is 12.9. The van der Waals surface area contributed by atoms with Crippen molar-refractivity contribution in [3.05, 3.63) is 59.8 Å². The van der Waals surface area contributed by atoms with Crippen LogP contribution < -0.4 is 5.32 Å². The molecule has 1 aromatic carbocycles. The zero-order chi connectivity index (χ0) is 22.5. The van der Waals surface area contributed by atoms with Crippen LogP contribution in [0.3, 0.4) is 0 Å². The molecule has 0 saturated carbocycles. The van der Waals surface area contributed by atoms with Crippen molar-refractivity contribution in [1.82, 2.24) is 35.0 Å². The molecule has 0 atom stereocenters. The van der Waals surface area contributed by atoms with Gasteiger partial charge < -0.3 is 19.4 Å². The van der Waals surface area contributed by atoms with Crippen molar-refractivity contribution >= 4 is 28.0 Å². The molecule has 9 nitrogen and oxygen atoms in total. The van der Waals surface area contributed by atoms with Crippen molar-refractivity contribution in [3.8, 4) is 11.6 Å². The van der Waals surface area contributed by atoms with E-state index >= 15 is 0 Å². The predicted octanol–water partition coefficient (Wildman–Crippen LogP) is 3.45. The maximum atomic E-state index is 12.9. The number of alkyl halides is 3. The summed E-state index contributed by atoms with van der Waals surface area (Å²) in [5.41, 5.74) is 1.07. The van der Waals surface area contributed by atoms with Crippen LogP contribution in [-0.4, -0.2) is 35.6 Å². The van der Waals surface area contributed by atoms with Crippen molar-refractivity contribution in [2.45, 2.75) is 12.7 Å². The van der Waals surface area contributed by atoms with E-state index in [-0.39, 0.29) is 29.3 Å². The summed E-state index contributed by atoms with van der Waals surface area (Å²) in [5, 5.41) is 7.22. The van der Waals surface area contributed by atoms with Crippen LogP contribution in [0, 0.1) is 0 Å². The first kappa shape index (κ1) is 19.7. The second kappa shape index (κ2) is 7.18. The van der Waals surface area contributed by atoms with Crippen molar-refractivity contribution in [2.75, 3.05) is 0 Å². The van der Waals surface area contributed by atoms with Crippen LogP contribution in [-0.2, 0) is 19.8 Å². The van der Waals surface area contributed by atoms with E-state index < -0.39 is 17.6 Å². The summed E-state index contributed by atoms with van der Waals surface area (Å²) in [6.07, 6.45) is -1.35. The second-order valence-corrected chi connectivity index (χ2v) is 7.07. The number of aryl methyl sites for hydroxylation is 1. The largest absolute Gasteiger partial charge is 0.416 e. The first-order valence-corrected chi connectivity index (χ1v) is 9.37. The van der Waals surface area contributed by atoms with Crippen molar-refractivity contribution in [1.29, 1.82) is 0 Å². The topological polar surface area (TPSA) is 115 Å². The first-order chi connectivity index (χ1) is 15.3. The van der Waals surface area contributed by atoms with Crippen LogP contribution in [0.5, 0.6) is 0 Å². The average Bonchev–Trinajstić information content (AvgIpc) is 3.49. The molecule has 0 aliphatic heterocycles. The van der Waals surface area contributed by atoms with E-state index in [2.05, 4.69) is 30.4 Å². The number of rotatable bonds is 4. The number of nitrogens with one attached hydrogen (secondary N) is 2. The Bertz CT molecular complexity index is 1470. The summed E-state index contributed by atoms with van der Waals surface area (Å²) in [6, 6.07) is 6.52. The number of carbonyl (C=O) groups excluding carboxylic acids is 1. The van der Waals surface area contributed by atoms with Gasteiger partial charge in [-0.2, -0.15) is 13.2 Å². The van der Waals surface area contributed by atoms with E-state index in [1.165, 1.54) is 12.4 Å². The van der Waals surface area contributed by atoms with Crippen LogP contribution in [0.15, 0.2) is 47.4 Å². The van der Waals surface area contributed by atoms with Gasteiger partial charge in [0, 0.05) is 19.3 Å². The third-order valence-electron chi connectivity index (χ3n) is 4.91. The number of halogens is 3. The smallest absolute Gasteiger partial charge is 0.353 e. The number of H-pyrrole nitrogens is 1. The molecule has 5 rings (SSSR count). The zero-order valence-electron chi connectivity index (χ0n) is 16.4. The summed E-state index contributed by atoms with van der Waals surface area (Å²) in [6.45, 7) is 0.0547. The Morgan fingerprint density at radius 1 is 1.22 bits per heavy atom. The number of amides is 1. The zero-order valence-corrected chi connectivity index (χ0v) is 16.4. The third kappa shape index (κ3) is 3.45. The van der Waals surface area contributed by atoms with Gasteiger partial charge in [0.05, 0.1) is 28.5 Å². The van der Waals surface area contributed by atoms with Gasteiger partial charge in [-0.1, -0.05) is 5.16 Å². The molecule has 0 fully saturated rings. The Kier molecular flexibility index (Phi) is 4.43. The molecule has 0 spiro atoms. The summed E-state index contributed by atoms with van der Waals surface area (Å²) >= 11 is 0. The van der Waals surface area contributed by atoms with Gasteiger partial charge in [0.2, 0.25) is 5.76 Å². The fourth-order valence-corrected chi connectivity index (χ4v) is 3.32. The number of fused-ring (bicyclic) bond motifs is 2. The van der Waals surface area contributed by atoms with E-state index in [9.17, 15) is 18.0 Å². The van der Waals surface area contributed by atoms with Crippen molar-refractivity contribution in [3.63, 3.8) is 0 Å². The number of hydrogen-bond donors (Lipinski definition) is 2. The normalized spacial score (nSPS) is 12.0. The fraction of sp³-hybridized carbons (Fsp3) is 0.150. The van der Waals surface area contributed by atoms with Crippen LogP contribution >= 0.6 is 0 Å². The monoisotopic (exact) mass is 441 g/mol. The maximum Gasteiger partial charge on any atom is 0.416 e. The lowest BCUT2D eigenvalue weighted by molar-refractivity contribution is -0.137. The van der Waals surface area contributed by atoms with Crippen LogP contribution in [0.25, 0.3) is 33.7 Å². The molecule has 0 aliphatic rings. The molecule has 0 unspecified atom stereocenters. The third-order valence-corrected chi connectivity index (χ3v) is 4.91. The van der Waals surface area contributed by atoms with Crippen LogP contribution in [0.2, 0.25) is 0 Å². The molecule has 12 heteroatoms. The molecule has 0 radical (unpaired) electrons. The molecule has 0 aliphatic carbocycles. The summed E-state index contributed by atoms with van der Waals surface area (Å²) in [4.78, 5) is 27.8. The van der Waals surface area contributed by atoms with Crippen molar-refractivity contribution in [2.24, 2.45) is 7.05 Å².